The fourth-order valence-electron chi connectivity index (χ4n) is 2.78. The largest absolute Gasteiger partial charge is 0.497 e. The highest BCUT2D eigenvalue weighted by Crippen LogP contribution is 2.31. The Labute approximate surface area is 120 Å². The zero-order valence-corrected chi connectivity index (χ0v) is 12.3. The Kier molecular flexibility index (Phi) is 4.65. The number of aliphatic hydroxyl groups is 1. The SMILES string of the molecule is CC[C@@H](NC(=O)c1ccc(OC)cc1C)C1CC(O)C1. The van der Waals surface area contributed by atoms with Crippen LogP contribution in [0, 0.1) is 12.8 Å². The van der Waals surface area contributed by atoms with Crippen LogP contribution in [0.15, 0.2) is 18.2 Å². The van der Waals surface area contributed by atoms with E-state index in [1.54, 1.807) is 19.2 Å². The first-order chi connectivity index (χ1) is 9.55. The molecular formula is C16H23NO3. The molecule has 20 heavy (non-hydrogen) atoms. The summed E-state index contributed by atoms with van der Waals surface area (Å²) < 4.78 is 5.15. The molecule has 110 valence electrons. The van der Waals surface area contributed by atoms with Gasteiger partial charge >= 0.3 is 0 Å². The van der Waals surface area contributed by atoms with Crippen molar-refractivity contribution >= 4 is 5.91 Å². The number of methoxy groups -OCH3 is 1. The first-order valence-corrected chi connectivity index (χ1v) is 7.18. The zero-order chi connectivity index (χ0) is 14.7. The van der Waals surface area contributed by atoms with Gasteiger partial charge in [-0.2, -0.15) is 0 Å². The lowest BCUT2D eigenvalue weighted by atomic mass is 9.76. The summed E-state index contributed by atoms with van der Waals surface area (Å²) in [7, 11) is 1.61. The lowest BCUT2D eigenvalue weighted by Gasteiger charge is -2.37. The van der Waals surface area contributed by atoms with Gasteiger partial charge < -0.3 is 15.2 Å². The molecule has 1 aromatic rings. The van der Waals surface area contributed by atoms with Crippen LogP contribution >= 0.6 is 0 Å². The molecule has 1 saturated carbocycles. The number of rotatable bonds is 5. The van der Waals surface area contributed by atoms with Crippen LogP contribution in [0.3, 0.4) is 0 Å². The van der Waals surface area contributed by atoms with Crippen LogP contribution < -0.4 is 10.1 Å². The highest BCUT2D eigenvalue weighted by Gasteiger charge is 2.33. The van der Waals surface area contributed by atoms with Gasteiger partial charge in [0.2, 0.25) is 0 Å². The Morgan fingerprint density at radius 3 is 2.70 bits per heavy atom. The lowest BCUT2D eigenvalue weighted by molar-refractivity contribution is 0.0232. The van der Waals surface area contributed by atoms with Gasteiger partial charge in [-0.3, -0.25) is 4.79 Å². The summed E-state index contributed by atoms with van der Waals surface area (Å²) in [6.45, 7) is 3.97. The molecule has 0 unspecified atom stereocenters. The van der Waals surface area contributed by atoms with Crippen molar-refractivity contribution in [3.8, 4) is 5.75 Å². The molecule has 1 aliphatic rings. The third-order valence-corrected chi connectivity index (χ3v) is 4.15. The van der Waals surface area contributed by atoms with Crippen molar-refractivity contribution in [1.82, 2.24) is 5.32 Å². The molecular weight excluding hydrogens is 254 g/mol. The Hall–Kier alpha value is -1.55. The molecule has 2 N–H and O–H groups in total. The molecule has 4 heteroatoms. The number of aliphatic hydroxyl groups excluding tert-OH is 1. The van der Waals surface area contributed by atoms with E-state index in [0.29, 0.717) is 11.5 Å². The number of amides is 1. The fourth-order valence-corrected chi connectivity index (χ4v) is 2.78. The maximum absolute atomic E-state index is 12.3. The number of carbonyl (C=O) groups is 1. The predicted octanol–water partition coefficient (Wildman–Crippen LogP) is 2.28. The minimum atomic E-state index is -0.186. The minimum Gasteiger partial charge on any atom is -0.497 e. The van der Waals surface area contributed by atoms with E-state index in [4.69, 9.17) is 4.74 Å². The second-order valence-electron chi connectivity index (χ2n) is 5.55. The van der Waals surface area contributed by atoms with Gasteiger partial charge in [-0.05, 0) is 55.9 Å². The van der Waals surface area contributed by atoms with Crippen molar-refractivity contribution in [3.05, 3.63) is 29.3 Å². The van der Waals surface area contributed by atoms with E-state index in [-0.39, 0.29) is 18.1 Å². The van der Waals surface area contributed by atoms with E-state index in [9.17, 15) is 9.90 Å². The second kappa shape index (κ2) is 6.27. The van der Waals surface area contributed by atoms with Crippen molar-refractivity contribution < 1.29 is 14.6 Å². The number of nitrogens with one attached hydrogen (secondary N) is 1. The van der Waals surface area contributed by atoms with E-state index < -0.39 is 0 Å². The molecule has 0 bridgehead atoms. The molecule has 1 aromatic carbocycles. The van der Waals surface area contributed by atoms with Crippen LogP contribution in [0.2, 0.25) is 0 Å². The third kappa shape index (κ3) is 3.12. The summed E-state index contributed by atoms with van der Waals surface area (Å²) >= 11 is 0. The molecule has 0 heterocycles. The van der Waals surface area contributed by atoms with E-state index in [0.717, 1.165) is 30.6 Å². The summed E-state index contributed by atoms with van der Waals surface area (Å²) in [5, 5.41) is 12.5. The molecule has 0 spiro atoms. The van der Waals surface area contributed by atoms with Crippen LogP contribution in [0.25, 0.3) is 0 Å². The Balaban J connectivity index is 2.03. The van der Waals surface area contributed by atoms with Gasteiger partial charge in [-0.1, -0.05) is 6.92 Å². The zero-order valence-electron chi connectivity index (χ0n) is 12.3. The quantitative estimate of drug-likeness (QED) is 0.868. The molecule has 4 nitrogen and oxygen atoms in total. The molecule has 1 amide bonds. The number of hydrogen-bond donors (Lipinski definition) is 2. The van der Waals surface area contributed by atoms with Crippen LogP contribution in [0.5, 0.6) is 5.75 Å². The highest BCUT2D eigenvalue weighted by molar-refractivity contribution is 5.96. The van der Waals surface area contributed by atoms with Gasteiger partial charge in [-0.15, -0.1) is 0 Å². The average Bonchev–Trinajstić information content (AvgIpc) is 2.41. The molecule has 2 rings (SSSR count). The number of hydrogen-bond acceptors (Lipinski definition) is 3. The molecule has 0 aromatic heterocycles. The Bertz CT molecular complexity index is 481. The van der Waals surface area contributed by atoms with Crippen LogP contribution in [0.4, 0.5) is 0 Å². The molecule has 0 saturated heterocycles. The summed E-state index contributed by atoms with van der Waals surface area (Å²) in [5.41, 5.74) is 1.59. The maximum atomic E-state index is 12.3. The lowest BCUT2D eigenvalue weighted by Crippen LogP contribution is -2.46. The van der Waals surface area contributed by atoms with Crippen molar-refractivity contribution in [2.75, 3.05) is 7.11 Å². The van der Waals surface area contributed by atoms with Crippen molar-refractivity contribution in [3.63, 3.8) is 0 Å². The summed E-state index contributed by atoms with van der Waals surface area (Å²) in [6.07, 6.45) is 2.28. The number of carbonyl (C=O) groups excluding carboxylic acids is 1. The molecule has 0 radical (unpaired) electrons. The summed E-state index contributed by atoms with van der Waals surface area (Å²) in [6, 6.07) is 5.61. The second-order valence-corrected chi connectivity index (χ2v) is 5.55. The van der Waals surface area contributed by atoms with Gasteiger partial charge in [-0.25, -0.2) is 0 Å². The van der Waals surface area contributed by atoms with E-state index >= 15 is 0 Å². The van der Waals surface area contributed by atoms with Gasteiger partial charge in [0.1, 0.15) is 5.75 Å². The smallest absolute Gasteiger partial charge is 0.251 e. The van der Waals surface area contributed by atoms with Crippen LogP contribution in [-0.2, 0) is 0 Å². The standard InChI is InChI=1S/C16H23NO3/c1-4-15(11-8-12(18)9-11)17-16(19)14-6-5-13(20-3)7-10(14)2/h5-7,11-12,15,18H,4,8-9H2,1-3H3,(H,17,19)/t11?,12?,15-/m1/s1. The van der Waals surface area contributed by atoms with Crippen molar-refractivity contribution in [2.24, 2.45) is 5.92 Å². The normalized spacial score (nSPS) is 22.8. The number of benzene rings is 1. The average molecular weight is 277 g/mol. The van der Waals surface area contributed by atoms with Gasteiger partial charge in [0.15, 0.2) is 0 Å². The summed E-state index contributed by atoms with van der Waals surface area (Å²) in [4.78, 5) is 12.3. The molecule has 1 fully saturated rings. The first kappa shape index (κ1) is 14.9. The maximum Gasteiger partial charge on any atom is 0.251 e. The van der Waals surface area contributed by atoms with Gasteiger partial charge in [0.05, 0.1) is 13.2 Å². The van der Waals surface area contributed by atoms with E-state index in [1.165, 1.54) is 0 Å². The summed E-state index contributed by atoms with van der Waals surface area (Å²) in [5.74, 6) is 1.11. The van der Waals surface area contributed by atoms with Crippen LogP contribution in [0.1, 0.15) is 42.1 Å². The number of ether oxygens (including phenoxy) is 1. The fraction of sp³-hybridized carbons (Fsp3) is 0.562. The Morgan fingerprint density at radius 2 is 2.20 bits per heavy atom. The van der Waals surface area contributed by atoms with E-state index in [1.807, 2.05) is 13.0 Å². The highest BCUT2D eigenvalue weighted by atomic mass is 16.5. The van der Waals surface area contributed by atoms with Crippen molar-refractivity contribution in [2.45, 2.75) is 45.3 Å². The monoisotopic (exact) mass is 277 g/mol. The molecule has 1 aliphatic carbocycles. The van der Waals surface area contributed by atoms with Crippen LogP contribution in [-0.4, -0.2) is 30.3 Å². The topological polar surface area (TPSA) is 58.6 Å². The van der Waals surface area contributed by atoms with E-state index in [2.05, 4.69) is 12.2 Å². The predicted molar refractivity (Wildman–Crippen MR) is 78.0 cm³/mol. The van der Waals surface area contributed by atoms with Gasteiger partial charge in [0, 0.05) is 11.6 Å². The minimum absolute atomic E-state index is 0.0432. The first-order valence-electron chi connectivity index (χ1n) is 7.18. The molecule has 0 aliphatic heterocycles. The van der Waals surface area contributed by atoms with Crippen molar-refractivity contribution in [1.29, 1.82) is 0 Å². The number of aryl methyl sites for hydroxylation is 1. The van der Waals surface area contributed by atoms with Gasteiger partial charge in [0.25, 0.3) is 5.91 Å². The third-order valence-electron chi connectivity index (χ3n) is 4.15. The Morgan fingerprint density at radius 1 is 1.50 bits per heavy atom. The molecule has 1 atom stereocenters.